The van der Waals surface area contributed by atoms with Gasteiger partial charge in [-0.3, -0.25) is 19.1 Å². The molecule has 0 aromatic carbocycles. The first kappa shape index (κ1) is 15.5. The number of nitrogens with one attached hydrogen (secondary N) is 1. The van der Waals surface area contributed by atoms with E-state index in [4.69, 9.17) is 9.47 Å². The fraction of sp³-hybridized carbons (Fsp3) is 0.615. The Morgan fingerprint density at radius 1 is 1.57 bits per heavy atom. The number of hydrogen-bond donors (Lipinski definition) is 2. The zero-order chi connectivity index (χ0) is 15.6. The van der Waals surface area contributed by atoms with Crippen LogP contribution in [0.25, 0.3) is 0 Å². The maximum absolute atomic E-state index is 11.9. The number of H-pyrrole nitrogens is 1. The summed E-state index contributed by atoms with van der Waals surface area (Å²) in [4.78, 5) is 36.7. The summed E-state index contributed by atoms with van der Waals surface area (Å²) in [6.45, 7) is 2.74. The molecule has 116 valence electrons. The van der Waals surface area contributed by atoms with Crippen LogP contribution in [0, 0.1) is 0 Å². The van der Waals surface area contributed by atoms with E-state index in [9.17, 15) is 19.5 Å². The van der Waals surface area contributed by atoms with Gasteiger partial charge < -0.3 is 14.6 Å². The molecule has 0 saturated carbocycles. The van der Waals surface area contributed by atoms with E-state index in [0.29, 0.717) is 12.0 Å². The molecule has 0 unspecified atom stereocenters. The summed E-state index contributed by atoms with van der Waals surface area (Å²) >= 11 is 0. The van der Waals surface area contributed by atoms with Gasteiger partial charge in [0.25, 0.3) is 5.56 Å². The zero-order valence-corrected chi connectivity index (χ0v) is 11.9. The highest BCUT2D eigenvalue weighted by atomic mass is 16.6. The molecule has 1 aliphatic rings. The van der Waals surface area contributed by atoms with Crippen LogP contribution in [0.15, 0.2) is 15.8 Å². The number of rotatable bonds is 4. The average Bonchev–Trinajstić information content (AvgIpc) is 2.81. The molecule has 3 atom stereocenters. The summed E-state index contributed by atoms with van der Waals surface area (Å²) in [7, 11) is 0. The molecule has 0 bridgehead atoms. The third-order valence-electron chi connectivity index (χ3n) is 3.41. The second-order valence-corrected chi connectivity index (χ2v) is 4.87. The minimum Gasteiger partial charge on any atom is -0.460 e. The van der Waals surface area contributed by atoms with Gasteiger partial charge in [-0.25, -0.2) is 4.79 Å². The predicted octanol–water partition coefficient (Wildman–Crippen LogP) is -0.689. The highest BCUT2D eigenvalue weighted by molar-refractivity contribution is 5.66. The van der Waals surface area contributed by atoms with Crippen molar-refractivity contribution in [3.8, 4) is 0 Å². The van der Waals surface area contributed by atoms with Gasteiger partial charge in [0.05, 0.1) is 6.61 Å². The van der Waals surface area contributed by atoms with Crippen molar-refractivity contribution in [1.82, 2.24) is 9.55 Å². The van der Waals surface area contributed by atoms with Crippen LogP contribution in [-0.2, 0) is 20.7 Å². The van der Waals surface area contributed by atoms with E-state index in [1.807, 2.05) is 0 Å². The Hall–Kier alpha value is -1.93. The molecular weight excluding hydrogens is 280 g/mol. The molecule has 1 aliphatic heterocycles. The van der Waals surface area contributed by atoms with E-state index < -0.39 is 35.7 Å². The summed E-state index contributed by atoms with van der Waals surface area (Å²) < 4.78 is 11.9. The first-order chi connectivity index (χ1) is 9.96. The largest absolute Gasteiger partial charge is 0.460 e. The van der Waals surface area contributed by atoms with Gasteiger partial charge >= 0.3 is 11.7 Å². The highest BCUT2D eigenvalue weighted by Gasteiger charge is 2.38. The van der Waals surface area contributed by atoms with Gasteiger partial charge in [0.1, 0.15) is 18.4 Å². The van der Waals surface area contributed by atoms with Gasteiger partial charge in [-0.15, -0.1) is 0 Å². The summed E-state index contributed by atoms with van der Waals surface area (Å²) in [5.41, 5.74) is -0.566. The van der Waals surface area contributed by atoms with Crippen LogP contribution in [0.2, 0.25) is 0 Å². The van der Waals surface area contributed by atoms with Crippen molar-refractivity contribution in [2.45, 2.75) is 45.1 Å². The molecule has 1 aromatic heterocycles. The van der Waals surface area contributed by atoms with Crippen molar-refractivity contribution in [3.05, 3.63) is 32.6 Å². The summed E-state index contributed by atoms with van der Waals surface area (Å²) in [6.07, 6.45) is 0.139. The Bertz CT molecular complexity index is 634. The van der Waals surface area contributed by atoms with E-state index in [1.165, 1.54) is 17.7 Å². The molecule has 1 fully saturated rings. The predicted molar refractivity (Wildman–Crippen MR) is 71.9 cm³/mol. The second-order valence-electron chi connectivity index (χ2n) is 4.87. The van der Waals surface area contributed by atoms with E-state index in [1.54, 1.807) is 6.92 Å². The summed E-state index contributed by atoms with van der Waals surface area (Å²) in [5.74, 6) is -0.481. The number of nitrogens with zero attached hydrogens (tertiary/aromatic N) is 1. The lowest BCUT2D eigenvalue weighted by atomic mass is 10.2. The van der Waals surface area contributed by atoms with Gasteiger partial charge in [0.2, 0.25) is 0 Å². The Kier molecular flexibility index (Phi) is 4.59. The Morgan fingerprint density at radius 2 is 2.29 bits per heavy atom. The Labute approximate surface area is 120 Å². The van der Waals surface area contributed by atoms with Crippen molar-refractivity contribution in [3.63, 3.8) is 0 Å². The molecular formula is C13H18N2O6. The molecule has 0 aliphatic carbocycles. The lowest BCUT2D eigenvalue weighted by molar-refractivity contribution is -0.150. The van der Waals surface area contributed by atoms with Crippen LogP contribution >= 0.6 is 0 Å². The number of carbonyl (C=O) groups is 1. The standard InChI is InChI=1S/C13H18N2O6/c1-3-8-5-15(13(19)14-12(8)18)11-4-9(20-7(2)17)10(6-16)21-11/h5,9-11,16H,3-4,6H2,1-2H3,(H,14,18,19)/t9-,10+,11+/m0/s1. The molecule has 0 amide bonds. The van der Waals surface area contributed by atoms with Crippen molar-refractivity contribution in [2.24, 2.45) is 0 Å². The van der Waals surface area contributed by atoms with Gasteiger partial charge in [-0.05, 0) is 6.42 Å². The molecule has 1 saturated heterocycles. The lowest BCUT2D eigenvalue weighted by Crippen LogP contribution is -2.34. The van der Waals surface area contributed by atoms with Crippen molar-refractivity contribution >= 4 is 5.97 Å². The number of esters is 1. The first-order valence-electron chi connectivity index (χ1n) is 6.74. The highest BCUT2D eigenvalue weighted by Crippen LogP contribution is 2.29. The summed E-state index contributed by atoms with van der Waals surface area (Å²) in [6, 6.07) is 0. The molecule has 2 rings (SSSR count). The number of aliphatic hydroxyl groups excluding tert-OH is 1. The van der Waals surface area contributed by atoms with Gasteiger partial charge in [0, 0.05) is 25.1 Å². The van der Waals surface area contributed by atoms with Crippen LogP contribution in [0.5, 0.6) is 0 Å². The normalized spacial score (nSPS) is 25.0. The molecule has 2 heterocycles. The molecule has 0 spiro atoms. The van der Waals surface area contributed by atoms with E-state index in [0.717, 1.165) is 0 Å². The van der Waals surface area contributed by atoms with Crippen LogP contribution < -0.4 is 11.2 Å². The fourth-order valence-corrected chi connectivity index (χ4v) is 2.37. The van der Waals surface area contributed by atoms with Crippen LogP contribution in [0.4, 0.5) is 0 Å². The third-order valence-corrected chi connectivity index (χ3v) is 3.41. The second kappa shape index (κ2) is 6.23. The summed E-state index contributed by atoms with van der Waals surface area (Å²) in [5, 5.41) is 9.27. The maximum atomic E-state index is 11.9. The van der Waals surface area contributed by atoms with E-state index in [2.05, 4.69) is 4.98 Å². The van der Waals surface area contributed by atoms with Crippen LogP contribution in [-0.4, -0.2) is 39.4 Å². The number of aryl methyl sites for hydroxylation is 1. The lowest BCUT2D eigenvalue weighted by Gasteiger charge is -2.15. The minimum absolute atomic E-state index is 0.236. The van der Waals surface area contributed by atoms with Crippen molar-refractivity contribution in [2.75, 3.05) is 6.61 Å². The molecule has 1 aromatic rings. The molecule has 2 N–H and O–H groups in total. The zero-order valence-electron chi connectivity index (χ0n) is 11.9. The fourth-order valence-electron chi connectivity index (χ4n) is 2.37. The van der Waals surface area contributed by atoms with Crippen molar-refractivity contribution in [1.29, 1.82) is 0 Å². The van der Waals surface area contributed by atoms with Crippen LogP contribution in [0.1, 0.15) is 32.1 Å². The van der Waals surface area contributed by atoms with Crippen LogP contribution in [0.3, 0.4) is 0 Å². The number of aromatic nitrogens is 2. The van der Waals surface area contributed by atoms with E-state index >= 15 is 0 Å². The van der Waals surface area contributed by atoms with E-state index in [-0.39, 0.29) is 13.0 Å². The molecule has 0 radical (unpaired) electrons. The number of aromatic amines is 1. The Morgan fingerprint density at radius 3 is 2.86 bits per heavy atom. The first-order valence-corrected chi connectivity index (χ1v) is 6.74. The molecule has 8 heteroatoms. The van der Waals surface area contributed by atoms with Gasteiger partial charge in [0.15, 0.2) is 0 Å². The topological polar surface area (TPSA) is 111 Å². The number of hydrogen-bond acceptors (Lipinski definition) is 6. The number of aliphatic hydroxyl groups is 1. The van der Waals surface area contributed by atoms with Gasteiger partial charge in [-0.2, -0.15) is 0 Å². The smallest absolute Gasteiger partial charge is 0.330 e. The SMILES string of the molecule is CCc1cn([C@H]2C[C@H](OC(C)=O)[C@@H](CO)O2)c(=O)[nH]c1=O. The quantitative estimate of drug-likeness (QED) is 0.712. The third kappa shape index (κ3) is 3.22. The van der Waals surface area contributed by atoms with Crippen molar-refractivity contribution < 1.29 is 19.4 Å². The minimum atomic E-state index is -0.693. The molecule has 8 nitrogen and oxygen atoms in total. The monoisotopic (exact) mass is 298 g/mol. The van der Waals surface area contributed by atoms with Gasteiger partial charge in [-0.1, -0.05) is 6.92 Å². The molecule has 21 heavy (non-hydrogen) atoms. The number of carbonyl (C=O) groups excluding carboxylic acids is 1. The Balaban J connectivity index is 2.29. The number of ether oxygens (including phenoxy) is 2. The average molecular weight is 298 g/mol. The maximum Gasteiger partial charge on any atom is 0.330 e.